The Balaban J connectivity index is 1.77. The van der Waals surface area contributed by atoms with E-state index in [1.165, 1.54) is 38.9 Å². The number of likely N-dealkylation sites (tertiary alicyclic amines) is 1. The third-order valence-electron chi connectivity index (χ3n) is 4.74. The molecular formula is C15H31N3O2S. The van der Waals surface area contributed by atoms with Gasteiger partial charge in [-0.3, -0.25) is 4.90 Å². The summed E-state index contributed by atoms with van der Waals surface area (Å²) in [5.41, 5.74) is 0. The van der Waals surface area contributed by atoms with E-state index in [1.54, 1.807) is 4.31 Å². The second-order valence-corrected chi connectivity index (χ2v) is 8.41. The first-order valence-electron chi connectivity index (χ1n) is 8.51. The maximum Gasteiger partial charge on any atom is 0.214 e. The second-order valence-electron chi connectivity index (χ2n) is 6.32. The first-order valence-corrected chi connectivity index (χ1v) is 10.1. The van der Waals surface area contributed by atoms with Crippen molar-refractivity contribution < 1.29 is 8.42 Å². The molecule has 2 fully saturated rings. The number of hydrogen-bond acceptors (Lipinski definition) is 4. The van der Waals surface area contributed by atoms with Crippen LogP contribution in [0, 0.1) is 0 Å². The molecule has 0 aromatic rings. The van der Waals surface area contributed by atoms with Crippen LogP contribution in [0.25, 0.3) is 0 Å². The number of hydrogen-bond donors (Lipinski definition) is 0. The van der Waals surface area contributed by atoms with E-state index in [-0.39, 0.29) is 0 Å². The number of piperidine rings is 1. The SMILES string of the molecule is CCCN1CCC(N2CCN(S(=O)(=O)CCC)CC2)CC1. The fourth-order valence-electron chi connectivity index (χ4n) is 3.56. The monoisotopic (exact) mass is 317 g/mol. The minimum atomic E-state index is -3.01. The summed E-state index contributed by atoms with van der Waals surface area (Å²) in [5, 5.41) is 0. The lowest BCUT2D eigenvalue weighted by Gasteiger charge is -2.42. The number of piperazine rings is 1. The maximum atomic E-state index is 12.1. The van der Waals surface area contributed by atoms with Crippen LogP contribution in [0.15, 0.2) is 0 Å². The summed E-state index contributed by atoms with van der Waals surface area (Å²) in [4.78, 5) is 5.07. The molecule has 5 nitrogen and oxygen atoms in total. The van der Waals surface area contributed by atoms with Crippen molar-refractivity contribution in [3.05, 3.63) is 0 Å². The normalized spacial score (nSPS) is 24.5. The highest BCUT2D eigenvalue weighted by molar-refractivity contribution is 7.89. The van der Waals surface area contributed by atoms with Crippen molar-refractivity contribution >= 4 is 10.0 Å². The van der Waals surface area contributed by atoms with E-state index >= 15 is 0 Å². The number of nitrogens with zero attached hydrogens (tertiary/aromatic N) is 3. The summed E-state index contributed by atoms with van der Waals surface area (Å²) in [6, 6.07) is 0.661. The highest BCUT2D eigenvalue weighted by Crippen LogP contribution is 2.19. The zero-order valence-corrected chi connectivity index (χ0v) is 14.4. The van der Waals surface area contributed by atoms with Crippen molar-refractivity contribution in [1.82, 2.24) is 14.1 Å². The molecule has 0 atom stereocenters. The molecule has 2 aliphatic rings. The minimum Gasteiger partial charge on any atom is -0.303 e. The molecule has 0 bridgehead atoms. The zero-order valence-electron chi connectivity index (χ0n) is 13.6. The molecule has 0 aliphatic carbocycles. The van der Waals surface area contributed by atoms with Gasteiger partial charge >= 0.3 is 0 Å². The molecule has 0 N–H and O–H groups in total. The molecule has 0 spiro atoms. The summed E-state index contributed by atoms with van der Waals surface area (Å²) in [5.74, 6) is 0.294. The summed E-state index contributed by atoms with van der Waals surface area (Å²) in [6.07, 6.45) is 4.42. The Morgan fingerprint density at radius 1 is 0.905 bits per heavy atom. The van der Waals surface area contributed by atoms with Crippen LogP contribution in [0.1, 0.15) is 39.5 Å². The molecule has 0 aromatic heterocycles. The highest BCUT2D eigenvalue weighted by atomic mass is 32.2. The Hall–Kier alpha value is -0.170. The van der Waals surface area contributed by atoms with Gasteiger partial charge in [0.05, 0.1) is 5.75 Å². The molecule has 0 amide bonds. The van der Waals surface area contributed by atoms with Gasteiger partial charge in [0, 0.05) is 32.2 Å². The fourth-order valence-corrected chi connectivity index (χ4v) is 5.05. The summed E-state index contributed by atoms with van der Waals surface area (Å²) < 4.78 is 25.9. The smallest absolute Gasteiger partial charge is 0.214 e. The van der Waals surface area contributed by atoms with Gasteiger partial charge < -0.3 is 4.90 Å². The van der Waals surface area contributed by atoms with Gasteiger partial charge in [-0.25, -0.2) is 8.42 Å². The van der Waals surface area contributed by atoms with Crippen LogP contribution in [0.2, 0.25) is 0 Å². The Morgan fingerprint density at radius 2 is 1.52 bits per heavy atom. The van der Waals surface area contributed by atoms with Crippen molar-refractivity contribution in [2.24, 2.45) is 0 Å². The van der Waals surface area contributed by atoms with Gasteiger partial charge in [-0.2, -0.15) is 4.31 Å². The highest BCUT2D eigenvalue weighted by Gasteiger charge is 2.30. The Labute approximate surface area is 130 Å². The standard InChI is InChI=1S/C15H31N3O2S/c1-3-7-16-8-5-15(6-9-16)17-10-12-18(13-11-17)21(19,20)14-4-2/h15H,3-14H2,1-2H3. The van der Waals surface area contributed by atoms with Gasteiger partial charge in [0.25, 0.3) is 0 Å². The molecule has 21 heavy (non-hydrogen) atoms. The lowest BCUT2D eigenvalue weighted by atomic mass is 10.0. The van der Waals surface area contributed by atoms with E-state index in [2.05, 4.69) is 16.7 Å². The van der Waals surface area contributed by atoms with Gasteiger partial charge in [-0.05, 0) is 45.3 Å². The van der Waals surface area contributed by atoms with E-state index in [9.17, 15) is 8.42 Å². The van der Waals surface area contributed by atoms with Crippen molar-refractivity contribution in [2.75, 3.05) is 51.6 Å². The lowest BCUT2D eigenvalue weighted by Crippen LogP contribution is -2.54. The van der Waals surface area contributed by atoms with Gasteiger partial charge in [-0.15, -0.1) is 0 Å². The molecule has 124 valence electrons. The van der Waals surface area contributed by atoms with Crippen LogP contribution in [-0.4, -0.2) is 80.1 Å². The van der Waals surface area contributed by atoms with Crippen molar-refractivity contribution in [2.45, 2.75) is 45.6 Å². The van der Waals surface area contributed by atoms with Crippen molar-refractivity contribution in [3.8, 4) is 0 Å². The van der Waals surface area contributed by atoms with Gasteiger partial charge in [0.15, 0.2) is 0 Å². The quantitative estimate of drug-likeness (QED) is 0.739. The van der Waals surface area contributed by atoms with Gasteiger partial charge in [0.2, 0.25) is 10.0 Å². The summed E-state index contributed by atoms with van der Waals surface area (Å²) in [6.45, 7) is 11.0. The molecule has 0 aromatic carbocycles. The summed E-state index contributed by atoms with van der Waals surface area (Å²) >= 11 is 0. The first kappa shape index (κ1) is 17.2. The average molecular weight is 317 g/mol. The number of sulfonamides is 1. The maximum absolute atomic E-state index is 12.1. The third kappa shape index (κ3) is 4.65. The van der Waals surface area contributed by atoms with E-state index in [4.69, 9.17) is 0 Å². The third-order valence-corrected chi connectivity index (χ3v) is 6.82. The predicted molar refractivity (Wildman–Crippen MR) is 87.0 cm³/mol. The molecule has 0 saturated carbocycles. The van der Waals surface area contributed by atoms with Crippen LogP contribution in [0.4, 0.5) is 0 Å². The largest absolute Gasteiger partial charge is 0.303 e. The Bertz CT molecular complexity index is 397. The molecule has 0 unspecified atom stereocenters. The first-order chi connectivity index (χ1) is 10.1. The molecule has 2 saturated heterocycles. The number of rotatable bonds is 6. The topological polar surface area (TPSA) is 43.9 Å². The molecule has 6 heteroatoms. The van der Waals surface area contributed by atoms with Crippen LogP contribution in [0.3, 0.4) is 0 Å². The van der Waals surface area contributed by atoms with Gasteiger partial charge in [-0.1, -0.05) is 13.8 Å². The Morgan fingerprint density at radius 3 is 2.05 bits per heavy atom. The van der Waals surface area contributed by atoms with E-state index < -0.39 is 10.0 Å². The van der Waals surface area contributed by atoms with Crippen LogP contribution in [-0.2, 0) is 10.0 Å². The van der Waals surface area contributed by atoms with Crippen molar-refractivity contribution in [1.29, 1.82) is 0 Å². The van der Waals surface area contributed by atoms with E-state index in [0.29, 0.717) is 31.3 Å². The summed E-state index contributed by atoms with van der Waals surface area (Å²) in [7, 11) is -3.01. The lowest BCUT2D eigenvalue weighted by molar-refractivity contribution is 0.0811. The van der Waals surface area contributed by atoms with Crippen LogP contribution in [0.5, 0.6) is 0 Å². The molecule has 2 heterocycles. The van der Waals surface area contributed by atoms with Crippen molar-refractivity contribution in [3.63, 3.8) is 0 Å². The van der Waals surface area contributed by atoms with Gasteiger partial charge in [0.1, 0.15) is 0 Å². The molecular weight excluding hydrogens is 286 g/mol. The fraction of sp³-hybridized carbons (Fsp3) is 1.00. The predicted octanol–water partition coefficient (Wildman–Crippen LogP) is 1.22. The molecule has 2 rings (SSSR count). The zero-order chi connectivity index (χ0) is 15.3. The average Bonchev–Trinajstić information content (AvgIpc) is 2.48. The molecule has 2 aliphatic heterocycles. The Kier molecular flexibility index (Phi) is 6.47. The van der Waals surface area contributed by atoms with Crippen LogP contribution >= 0.6 is 0 Å². The minimum absolute atomic E-state index is 0.294. The second kappa shape index (κ2) is 7.90. The van der Waals surface area contributed by atoms with E-state index in [0.717, 1.165) is 13.1 Å². The van der Waals surface area contributed by atoms with Crippen LogP contribution < -0.4 is 0 Å². The van der Waals surface area contributed by atoms with E-state index in [1.807, 2.05) is 6.92 Å². The molecule has 0 radical (unpaired) electrons.